The predicted molar refractivity (Wildman–Crippen MR) is 154 cm³/mol. The van der Waals surface area contributed by atoms with E-state index in [1.165, 1.54) is 24.9 Å². The van der Waals surface area contributed by atoms with E-state index >= 15 is 0 Å². The lowest BCUT2D eigenvalue weighted by Gasteiger charge is -2.18. The second-order valence-corrected chi connectivity index (χ2v) is 10.9. The zero-order valence-electron chi connectivity index (χ0n) is 24.6. The first kappa shape index (κ1) is 33.5. The number of nitrogens with one attached hydrogen (secondary N) is 1. The number of hydrogen-bond donors (Lipinski definition) is 2. The molecule has 8 heteroatoms. The van der Waals surface area contributed by atoms with Crippen LogP contribution in [0, 0.1) is 11.3 Å². The molecule has 0 aliphatic heterocycles. The lowest BCUT2D eigenvalue weighted by atomic mass is 9.93. The number of benzene rings is 1. The molecule has 1 heterocycles. The minimum Gasteiger partial charge on any atom is -0.507 e. The molecule has 1 aromatic heterocycles. The number of hydrogen-bond acceptors (Lipinski definition) is 7. The van der Waals surface area contributed by atoms with E-state index in [0.717, 1.165) is 25.2 Å². The quantitative estimate of drug-likeness (QED) is 0.293. The van der Waals surface area contributed by atoms with Crippen LogP contribution in [0.2, 0.25) is 0 Å². The van der Waals surface area contributed by atoms with Crippen molar-refractivity contribution in [3.8, 4) is 11.5 Å². The van der Waals surface area contributed by atoms with Crippen molar-refractivity contribution in [2.75, 3.05) is 13.7 Å². The molecule has 216 valence electrons. The van der Waals surface area contributed by atoms with Crippen LogP contribution >= 0.6 is 0 Å². The van der Waals surface area contributed by atoms with Gasteiger partial charge in [-0.1, -0.05) is 66.7 Å². The maximum Gasteiger partial charge on any atom is 0.410 e. The number of amides is 1. The Hall–Kier alpha value is -3.55. The van der Waals surface area contributed by atoms with Gasteiger partial charge in [-0.15, -0.1) is 0 Å². The maximum atomic E-state index is 12.0. The lowest BCUT2D eigenvalue weighted by molar-refractivity contribution is 0.0931. The third kappa shape index (κ3) is 12.7. The Balaban J connectivity index is 0.000000434. The molecule has 0 radical (unpaired) electrons. The number of carbonyl (C=O) groups excluding carboxylic acids is 2. The van der Waals surface area contributed by atoms with Gasteiger partial charge < -0.3 is 19.0 Å². The van der Waals surface area contributed by atoms with Gasteiger partial charge in [0.05, 0.1) is 13.7 Å². The van der Waals surface area contributed by atoms with Crippen molar-refractivity contribution in [1.29, 1.82) is 0 Å². The van der Waals surface area contributed by atoms with Gasteiger partial charge in [-0.3, -0.25) is 10.1 Å². The summed E-state index contributed by atoms with van der Waals surface area (Å²) in [6, 6.07) is 9.69. The molecule has 0 aliphatic carbocycles. The Morgan fingerprint density at radius 3 is 2.28 bits per heavy atom. The molecule has 1 aromatic carbocycles. The van der Waals surface area contributed by atoms with Gasteiger partial charge in [0.25, 0.3) is 0 Å². The molecule has 0 spiro atoms. The molecule has 0 fully saturated rings. The summed E-state index contributed by atoms with van der Waals surface area (Å²) in [5.41, 5.74) is 0.586. The van der Waals surface area contributed by atoms with E-state index in [9.17, 15) is 19.5 Å². The Morgan fingerprint density at radius 2 is 1.77 bits per heavy atom. The van der Waals surface area contributed by atoms with Crippen LogP contribution in [0.3, 0.4) is 0 Å². The highest BCUT2D eigenvalue weighted by Crippen LogP contribution is 2.26. The van der Waals surface area contributed by atoms with Crippen LogP contribution in [0.25, 0.3) is 0 Å². The summed E-state index contributed by atoms with van der Waals surface area (Å²) in [5, 5.41) is 12.4. The van der Waals surface area contributed by atoms with Crippen molar-refractivity contribution in [3.05, 3.63) is 69.9 Å². The average Bonchev–Trinajstić information content (AvgIpc) is 2.87. The van der Waals surface area contributed by atoms with Gasteiger partial charge in [0.1, 0.15) is 22.8 Å². The molecule has 2 aromatic rings. The third-order valence-electron chi connectivity index (χ3n) is 5.93. The fourth-order valence-corrected chi connectivity index (χ4v) is 3.31. The van der Waals surface area contributed by atoms with Gasteiger partial charge in [0, 0.05) is 24.1 Å². The average molecular weight is 544 g/mol. The first-order valence-corrected chi connectivity index (χ1v) is 13.4. The minimum atomic E-state index is -0.821. The van der Waals surface area contributed by atoms with Crippen LogP contribution in [0.5, 0.6) is 11.5 Å². The molecule has 0 saturated carbocycles. The van der Waals surface area contributed by atoms with Gasteiger partial charge in [-0.2, -0.15) is 0 Å². The number of carbonyl (C=O) groups is 2. The monoisotopic (exact) mass is 543 g/mol. The summed E-state index contributed by atoms with van der Waals surface area (Å²) in [6.07, 6.45) is 6.06. The van der Waals surface area contributed by atoms with E-state index in [-0.39, 0.29) is 17.2 Å². The fraction of sp³-hybridized carbons (Fsp3) is 0.516. The largest absolute Gasteiger partial charge is 0.507 e. The highest BCUT2D eigenvalue weighted by atomic mass is 16.5. The van der Waals surface area contributed by atoms with E-state index in [0.29, 0.717) is 24.0 Å². The van der Waals surface area contributed by atoms with E-state index in [4.69, 9.17) is 9.15 Å². The number of allylic oxidation sites excluding steroid dienone is 1. The number of ether oxygens (including phenoxy) is 2. The molecule has 39 heavy (non-hydrogen) atoms. The van der Waals surface area contributed by atoms with Crippen molar-refractivity contribution < 1.29 is 28.6 Å². The Kier molecular flexibility index (Phi) is 14.1. The van der Waals surface area contributed by atoms with Crippen LogP contribution in [0.4, 0.5) is 4.79 Å². The Bertz CT molecular complexity index is 1130. The molecular formula is C31H45NO7. The van der Waals surface area contributed by atoms with Gasteiger partial charge in [0.2, 0.25) is 0 Å². The fourth-order valence-electron chi connectivity index (χ4n) is 3.31. The normalized spacial score (nSPS) is 12.0. The smallest absolute Gasteiger partial charge is 0.410 e. The Labute approximate surface area is 232 Å². The van der Waals surface area contributed by atoms with Crippen molar-refractivity contribution in [1.82, 2.24) is 5.32 Å². The van der Waals surface area contributed by atoms with Crippen molar-refractivity contribution in [3.63, 3.8) is 0 Å². The number of aryl methyl sites for hydroxylation is 1. The molecular weight excluding hydrogens is 498 g/mol. The zero-order valence-corrected chi connectivity index (χ0v) is 24.6. The second kappa shape index (κ2) is 16.4. The minimum absolute atomic E-state index is 0.144. The van der Waals surface area contributed by atoms with Gasteiger partial charge >= 0.3 is 11.7 Å². The van der Waals surface area contributed by atoms with Gasteiger partial charge in [0.15, 0.2) is 5.78 Å². The highest BCUT2D eigenvalue weighted by molar-refractivity contribution is 5.99. The zero-order chi connectivity index (χ0) is 29.6. The molecule has 1 atom stereocenters. The molecule has 8 nitrogen and oxygen atoms in total. The lowest BCUT2D eigenvalue weighted by Crippen LogP contribution is -2.19. The third-order valence-corrected chi connectivity index (χ3v) is 5.93. The van der Waals surface area contributed by atoms with Crippen molar-refractivity contribution in [2.24, 2.45) is 11.3 Å². The van der Waals surface area contributed by atoms with Crippen molar-refractivity contribution >= 4 is 11.9 Å². The van der Waals surface area contributed by atoms with E-state index in [1.54, 1.807) is 19.9 Å². The van der Waals surface area contributed by atoms with E-state index in [2.05, 4.69) is 62.0 Å². The molecule has 2 N–H and O–H groups in total. The maximum absolute atomic E-state index is 12.0. The van der Waals surface area contributed by atoms with Gasteiger partial charge in [-0.25, -0.2) is 9.59 Å². The summed E-state index contributed by atoms with van der Waals surface area (Å²) in [6.45, 7) is 14.8. The summed E-state index contributed by atoms with van der Waals surface area (Å²) in [5.74, 6) is -0.0559. The van der Waals surface area contributed by atoms with Gasteiger partial charge in [-0.05, 0) is 48.8 Å². The van der Waals surface area contributed by atoms with Crippen molar-refractivity contribution in [2.45, 2.75) is 80.1 Å². The number of rotatable bonds is 11. The van der Waals surface area contributed by atoms with E-state index in [1.807, 2.05) is 6.92 Å². The topological polar surface area (TPSA) is 115 Å². The molecule has 0 saturated heterocycles. The first-order chi connectivity index (χ1) is 18.3. The molecule has 0 aliphatic rings. The molecule has 1 amide bonds. The summed E-state index contributed by atoms with van der Waals surface area (Å²) >= 11 is 0. The summed E-state index contributed by atoms with van der Waals surface area (Å²) < 4.78 is 15.3. The SMILES string of the molecule is CCc1ccc(OCCC(C)(C)C)cc1.COC(=O)N/C=C/CCC(C)c1cc(O)c(C(=O)C(C)C)c(=O)o1. The standard InChI is InChI=1S/C17H23NO6.C14H22O/c1-10(2)15(20)14-12(19)9-13(24-16(14)21)11(3)7-5-6-8-18-17(22)23-4;1-5-12-6-8-13(9-7-12)15-11-10-14(2,3)4/h6,8-11,19H,5,7H2,1-4H3,(H,18,22);6-9H,5,10-11H2,1-4H3/b8-6+;. The number of aromatic hydroxyl groups is 1. The summed E-state index contributed by atoms with van der Waals surface area (Å²) in [7, 11) is 1.27. The highest BCUT2D eigenvalue weighted by Gasteiger charge is 2.22. The number of methoxy groups -OCH3 is 1. The Morgan fingerprint density at radius 1 is 1.13 bits per heavy atom. The molecule has 1 unspecified atom stereocenters. The summed E-state index contributed by atoms with van der Waals surface area (Å²) in [4.78, 5) is 34.7. The second-order valence-electron chi connectivity index (χ2n) is 10.9. The predicted octanol–water partition coefficient (Wildman–Crippen LogP) is 7.00. The van der Waals surface area contributed by atoms with Crippen LogP contribution in [0.15, 0.2) is 51.8 Å². The molecule has 0 bridgehead atoms. The number of ketones is 1. The van der Waals surface area contributed by atoms with E-state index < -0.39 is 23.4 Å². The number of alkyl carbamates (subject to hydrolysis) is 1. The van der Waals surface area contributed by atoms with Crippen LogP contribution < -0.4 is 15.7 Å². The number of Topliss-reactive ketones (excluding diaryl/α,β-unsaturated/α-hetero) is 1. The van der Waals surface area contributed by atoms with Crippen LogP contribution in [-0.2, 0) is 11.2 Å². The van der Waals surface area contributed by atoms with Crippen LogP contribution in [-0.4, -0.2) is 30.7 Å². The van der Waals surface area contributed by atoms with Crippen LogP contribution in [0.1, 0.15) is 95.3 Å². The first-order valence-electron chi connectivity index (χ1n) is 13.4. The molecule has 2 rings (SSSR count).